The predicted octanol–water partition coefficient (Wildman–Crippen LogP) is 3.56. The number of anilines is 2. The number of halogens is 1. The maximum absolute atomic E-state index is 13.0. The van der Waals surface area contributed by atoms with Gasteiger partial charge in [0.2, 0.25) is 5.91 Å². The van der Waals surface area contributed by atoms with Crippen molar-refractivity contribution >= 4 is 34.8 Å². The maximum Gasteiger partial charge on any atom is 0.265 e. The number of likely N-dealkylation sites (tertiary alicyclic amines) is 1. The number of hydrogen-bond donors (Lipinski definition) is 1. The third kappa shape index (κ3) is 4.65. The monoisotopic (exact) mass is 413 g/mol. The van der Waals surface area contributed by atoms with Crippen LogP contribution in [0, 0.1) is 0 Å². The van der Waals surface area contributed by atoms with Crippen LogP contribution in [-0.2, 0) is 9.59 Å². The SMILES string of the molecule is O=C(CN1C[C@H](C(=O)N2CCCCC2)Oc2ccccc21)Nc1ccc(Cl)cc1. The first-order valence-corrected chi connectivity index (χ1v) is 10.3. The number of nitrogens with one attached hydrogen (secondary N) is 1. The van der Waals surface area contributed by atoms with Crippen LogP contribution in [0.25, 0.3) is 0 Å². The summed E-state index contributed by atoms with van der Waals surface area (Å²) < 4.78 is 6.01. The molecule has 0 spiro atoms. The van der Waals surface area contributed by atoms with E-state index in [1.165, 1.54) is 0 Å². The lowest BCUT2D eigenvalue weighted by Gasteiger charge is -2.38. The Morgan fingerprint density at radius 2 is 1.76 bits per heavy atom. The number of nitrogens with zero attached hydrogens (tertiary/aromatic N) is 2. The van der Waals surface area contributed by atoms with Gasteiger partial charge < -0.3 is 19.9 Å². The lowest BCUT2D eigenvalue weighted by molar-refractivity contribution is -0.139. The molecule has 4 rings (SSSR count). The second-order valence-electron chi connectivity index (χ2n) is 7.40. The molecule has 2 amide bonds. The number of carbonyl (C=O) groups excluding carboxylic acids is 2. The first-order chi connectivity index (χ1) is 14.1. The van der Waals surface area contributed by atoms with Gasteiger partial charge in [0.15, 0.2) is 6.10 Å². The summed E-state index contributed by atoms with van der Waals surface area (Å²) in [5, 5.41) is 3.49. The number of benzene rings is 2. The molecule has 0 aromatic heterocycles. The van der Waals surface area contributed by atoms with Crippen molar-refractivity contribution in [2.75, 3.05) is 36.4 Å². The van der Waals surface area contributed by atoms with Crippen LogP contribution in [0.5, 0.6) is 5.75 Å². The van der Waals surface area contributed by atoms with E-state index in [1.54, 1.807) is 24.3 Å². The first kappa shape index (κ1) is 19.6. The highest BCUT2D eigenvalue weighted by molar-refractivity contribution is 6.30. The van der Waals surface area contributed by atoms with Gasteiger partial charge in [-0.15, -0.1) is 0 Å². The topological polar surface area (TPSA) is 61.9 Å². The molecule has 1 saturated heterocycles. The van der Waals surface area contributed by atoms with Crippen molar-refractivity contribution in [1.82, 2.24) is 4.90 Å². The third-order valence-electron chi connectivity index (χ3n) is 5.27. The average molecular weight is 414 g/mol. The molecule has 152 valence electrons. The molecule has 0 unspecified atom stereocenters. The minimum Gasteiger partial charge on any atom is -0.477 e. The highest BCUT2D eigenvalue weighted by Gasteiger charge is 2.34. The number of carbonyl (C=O) groups is 2. The summed E-state index contributed by atoms with van der Waals surface area (Å²) in [6, 6.07) is 14.5. The average Bonchev–Trinajstić information content (AvgIpc) is 2.75. The smallest absolute Gasteiger partial charge is 0.265 e. The van der Waals surface area contributed by atoms with Gasteiger partial charge in [0.05, 0.1) is 18.8 Å². The third-order valence-corrected chi connectivity index (χ3v) is 5.52. The maximum atomic E-state index is 13.0. The fourth-order valence-electron chi connectivity index (χ4n) is 3.81. The highest BCUT2D eigenvalue weighted by atomic mass is 35.5. The lowest BCUT2D eigenvalue weighted by Crippen LogP contribution is -2.52. The van der Waals surface area contributed by atoms with E-state index in [1.807, 2.05) is 34.1 Å². The van der Waals surface area contributed by atoms with E-state index in [4.69, 9.17) is 16.3 Å². The molecule has 1 N–H and O–H groups in total. The molecule has 6 nitrogen and oxygen atoms in total. The molecule has 2 heterocycles. The minimum atomic E-state index is -0.605. The van der Waals surface area contributed by atoms with E-state index in [0.29, 0.717) is 23.0 Å². The molecule has 0 bridgehead atoms. The van der Waals surface area contributed by atoms with Gasteiger partial charge in [0.25, 0.3) is 5.91 Å². The summed E-state index contributed by atoms with van der Waals surface area (Å²) in [5.74, 6) is 0.476. The predicted molar refractivity (Wildman–Crippen MR) is 114 cm³/mol. The van der Waals surface area contributed by atoms with Crippen molar-refractivity contribution in [3.8, 4) is 5.75 Å². The number of rotatable bonds is 4. The van der Waals surface area contributed by atoms with E-state index < -0.39 is 6.10 Å². The highest BCUT2D eigenvalue weighted by Crippen LogP contribution is 2.33. The van der Waals surface area contributed by atoms with E-state index in [0.717, 1.165) is 38.0 Å². The van der Waals surface area contributed by atoms with Crippen molar-refractivity contribution in [3.63, 3.8) is 0 Å². The normalized spacial score (nSPS) is 18.6. The zero-order valence-corrected chi connectivity index (χ0v) is 16.9. The quantitative estimate of drug-likeness (QED) is 0.832. The Kier molecular flexibility index (Phi) is 5.90. The van der Waals surface area contributed by atoms with Crippen molar-refractivity contribution in [2.45, 2.75) is 25.4 Å². The van der Waals surface area contributed by atoms with Crippen LogP contribution in [0.1, 0.15) is 19.3 Å². The Bertz CT molecular complexity index is 881. The second-order valence-corrected chi connectivity index (χ2v) is 7.83. The largest absolute Gasteiger partial charge is 0.477 e. The van der Waals surface area contributed by atoms with Crippen LogP contribution in [0.4, 0.5) is 11.4 Å². The number of amides is 2. The standard InChI is InChI=1S/C22H24ClN3O3/c23-16-8-10-17(11-9-16)24-21(27)15-26-14-20(22(28)25-12-4-1-5-13-25)29-19-7-3-2-6-18(19)26/h2-3,6-11,20H,1,4-5,12-15H2,(H,24,27)/t20-/m1/s1. The summed E-state index contributed by atoms with van der Waals surface area (Å²) in [6.45, 7) is 2.03. The second kappa shape index (κ2) is 8.74. The summed E-state index contributed by atoms with van der Waals surface area (Å²) in [4.78, 5) is 29.4. The molecule has 2 aliphatic heterocycles. The molecule has 0 aliphatic carbocycles. The summed E-state index contributed by atoms with van der Waals surface area (Å²) in [7, 11) is 0. The molecule has 29 heavy (non-hydrogen) atoms. The molecule has 2 aliphatic rings. The number of para-hydroxylation sites is 2. The van der Waals surface area contributed by atoms with Crippen molar-refractivity contribution < 1.29 is 14.3 Å². The Balaban J connectivity index is 1.48. The van der Waals surface area contributed by atoms with E-state index in [2.05, 4.69) is 5.32 Å². The van der Waals surface area contributed by atoms with Crippen LogP contribution in [0.15, 0.2) is 48.5 Å². The van der Waals surface area contributed by atoms with Crippen LogP contribution < -0.4 is 15.0 Å². The number of piperidine rings is 1. The summed E-state index contributed by atoms with van der Waals surface area (Å²) >= 11 is 5.90. The molecule has 1 atom stereocenters. The van der Waals surface area contributed by atoms with Crippen molar-refractivity contribution in [1.29, 1.82) is 0 Å². The van der Waals surface area contributed by atoms with Gasteiger partial charge in [0.1, 0.15) is 5.75 Å². The Labute approximate surface area is 175 Å². The van der Waals surface area contributed by atoms with Gasteiger partial charge in [-0.3, -0.25) is 9.59 Å². The summed E-state index contributed by atoms with van der Waals surface area (Å²) in [6.07, 6.45) is 2.62. The van der Waals surface area contributed by atoms with Gasteiger partial charge in [-0.2, -0.15) is 0 Å². The molecule has 2 aromatic rings. The van der Waals surface area contributed by atoms with Gasteiger partial charge >= 0.3 is 0 Å². The number of fused-ring (bicyclic) bond motifs is 1. The number of hydrogen-bond acceptors (Lipinski definition) is 4. The van der Waals surface area contributed by atoms with E-state index in [-0.39, 0.29) is 18.4 Å². The van der Waals surface area contributed by atoms with Crippen LogP contribution in [0.2, 0.25) is 5.02 Å². The fraction of sp³-hybridized carbons (Fsp3) is 0.364. The Morgan fingerprint density at radius 3 is 2.52 bits per heavy atom. The zero-order chi connectivity index (χ0) is 20.2. The van der Waals surface area contributed by atoms with Gasteiger partial charge in [-0.05, 0) is 55.7 Å². The molecular weight excluding hydrogens is 390 g/mol. The van der Waals surface area contributed by atoms with Crippen molar-refractivity contribution in [2.24, 2.45) is 0 Å². The Hall–Kier alpha value is -2.73. The van der Waals surface area contributed by atoms with Gasteiger partial charge in [-0.25, -0.2) is 0 Å². The lowest BCUT2D eigenvalue weighted by atomic mass is 10.1. The fourth-order valence-corrected chi connectivity index (χ4v) is 3.94. The van der Waals surface area contributed by atoms with Gasteiger partial charge in [-0.1, -0.05) is 23.7 Å². The molecule has 0 radical (unpaired) electrons. The van der Waals surface area contributed by atoms with E-state index >= 15 is 0 Å². The summed E-state index contributed by atoms with van der Waals surface area (Å²) in [5.41, 5.74) is 1.50. The Morgan fingerprint density at radius 1 is 1.03 bits per heavy atom. The van der Waals surface area contributed by atoms with Gasteiger partial charge in [0, 0.05) is 23.8 Å². The molecule has 1 fully saturated rings. The molecule has 7 heteroatoms. The molecular formula is C22H24ClN3O3. The first-order valence-electron chi connectivity index (χ1n) is 9.95. The molecule has 0 saturated carbocycles. The zero-order valence-electron chi connectivity index (χ0n) is 16.1. The minimum absolute atomic E-state index is 0.00214. The van der Waals surface area contributed by atoms with Crippen LogP contribution in [0.3, 0.4) is 0 Å². The van der Waals surface area contributed by atoms with Crippen LogP contribution >= 0.6 is 11.6 Å². The van der Waals surface area contributed by atoms with E-state index in [9.17, 15) is 9.59 Å². The van der Waals surface area contributed by atoms with Crippen LogP contribution in [-0.4, -0.2) is 49.0 Å². The van der Waals surface area contributed by atoms with Crippen molar-refractivity contribution in [3.05, 3.63) is 53.6 Å². The number of ether oxygens (including phenoxy) is 1. The molecule has 2 aromatic carbocycles.